The highest BCUT2D eigenvalue weighted by molar-refractivity contribution is 7.92. The van der Waals surface area contributed by atoms with Gasteiger partial charge in [0.15, 0.2) is 21.5 Å². The van der Waals surface area contributed by atoms with Crippen molar-refractivity contribution < 1.29 is 26.4 Å². The van der Waals surface area contributed by atoms with Gasteiger partial charge in [-0.1, -0.05) is 18.2 Å². The summed E-state index contributed by atoms with van der Waals surface area (Å²) in [5, 5.41) is -1.21. The Hall–Kier alpha value is -2.39. The minimum atomic E-state index is -3.79. The fourth-order valence-electron chi connectivity index (χ4n) is 3.89. The lowest BCUT2D eigenvalue weighted by Crippen LogP contribution is -2.48. The highest BCUT2D eigenvalue weighted by Gasteiger charge is 2.35. The molecule has 168 valence electrons. The topological polar surface area (TPSA) is 80.5 Å². The fourth-order valence-corrected chi connectivity index (χ4v) is 5.25. The summed E-state index contributed by atoms with van der Waals surface area (Å²) in [6.45, 7) is 2.03. The molecule has 31 heavy (non-hydrogen) atoms. The zero-order valence-electron chi connectivity index (χ0n) is 17.1. The van der Waals surface area contributed by atoms with Gasteiger partial charge < -0.3 is 10.6 Å². The number of amides is 1. The number of nitrogens with two attached hydrogens (primary N) is 1. The molecule has 1 fully saturated rings. The van der Waals surface area contributed by atoms with Crippen molar-refractivity contribution in [2.75, 3.05) is 13.1 Å². The van der Waals surface area contributed by atoms with E-state index in [0.717, 1.165) is 6.07 Å². The third-order valence-corrected chi connectivity index (χ3v) is 7.95. The first-order chi connectivity index (χ1) is 14.6. The predicted molar refractivity (Wildman–Crippen MR) is 110 cm³/mol. The molecular weight excluding hydrogens is 429 g/mol. The van der Waals surface area contributed by atoms with Crippen molar-refractivity contribution in [3.63, 3.8) is 0 Å². The number of carbonyl (C=O) groups excluding carboxylic acids is 1. The van der Waals surface area contributed by atoms with Crippen molar-refractivity contribution >= 4 is 15.7 Å². The summed E-state index contributed by atoms with van der Waals surface area (Å²) < 4.78 is 65.8. The maximum atomic E-state index is 13.9. The molecule has 5 nitrogen and oxygen atoms in total. The predicted octanol–water partition coefficient (Wildman–Crippen LogP) is 3.07. The first-order valence-electron chi connectivity index (χ1n) is 10.1. The van der Waals surface area contributed by atoms with Crippen molar-refractivity contribution in [1.82, 2.24) is 4.90 Å². The smallest absolute Gasteiger partial charge is 0.241 e. The van der Waals surface area contributed by atoms with E-state index in [2.05, 4.69) is 0 Å². The van der Waals surface area contributed by atoms with Crippen molar-refractivity contribution in [2.45, 2.75) is 42.4 Å². The molecule has 1 amide bonds. The highest BCUT2D eigenvalue weighted by Crippen LogP contribution is 2.25. The van der Waals surface area contributed by atoms with Gasteiger partial charge in [0, 0.05) is 25.2 Å². The fraction of sp³-hybridized carbons (Fsp3) is 0.409. The molecule has 1 aliphatic heterocycles. The van der Waals surface area contributed by atoms with E-state index in [-0.39, 0.29) is 22.8 Å². The van der Waals surface area contributed by atoms with Gasteiger partial charge in [-0.2, -0.15) is 0 Å². The molecule has 0 radical (unpaired) electrons. The van der Waals surface area contributed by atoms with Crippen molar-refractivity contribution in [2.24, 2.45) is 11.7 Å². The van der Waals surface area contributed by atoms with Crippen LogP contribution in [0.1, 0.15) is 25.3 Å². The Morgan fingerprint density at radius 1 is 1.06 bits per heavy atom. The standard InChI is InChI=1S/C22H25F3N2O3S/c1-14(31(29,30)17-5-3-2-4-6-17)22(28)27-9-7-15(8-10-27)21(26)12-16-11-19(24)20(25)13-18(16)23/h2-6,11,13-15,21H,7-10,12,26H2,1H3/t14?,21-/m1/s1. The normalized spacial score (nSPS) is 17.4. The highest BCUT2D eigenvalue weighted by atomic mass is 32.2. The molecule has 0 saturated carbocycles. The van der Waals surface area contributed by atoms with Gasteiger partial charge in [0.25, 0.3) is 0 Å². The van der Waals surface area contributed by atoms with Crippen molar-refractivity contribution in [3.05, 3.63) is 65.5 Å². The summed E-state index contributed by atoms with van der Waals surface area (Å²) in [5.74, 6) is -3.75. The van der Waals surface area contributed by atoms with Crippen LogP contribution < -0.4 is 5.73 Å². The summed E-state index contributed by atoms with van der Waals surface area (Å²) in [5.41, 5.74) is 6.19. The van der Waals surface area contributed by atoms with Gasteiger partial charge >= 0.3 is 0 Å². The number of halogens is 3. The van der Waals surface area contributed by atoms with E-state index in [1.54, 1.807) is 18.2 Å². The van der Waals surface area contributed by atoms with E-state index in [9.17, 15) is 26.4 Å². The number of piperidine rings is 1. The van der Waals surface area contributed by atoms with Gasteiger partial charge in [-0.3, -0.25) is 4.79 Å². The number of hydrogen-bond donors (Lipinski definition) is 1. The SMILES string of the molecule is CC(C(=O)N1CCC([C@H](N)Cc2cc(F)c(F)cc2F)CC1)S(=O)(=O)c1ccccc1. The lowest BCUT2D eigenvalue weighted by Gasteiger charge is -2.36. The molecule has 1 heterocycles. The second-order valence-corrected chi connectivity index (χ2v) is 10.2. The molecule has 0 bridgehead atoms. The Bertz CT molecular complexity index is 1040. The van der Waals surface area contributed by atoms with Gasteiger partial charge in [0.1, 0.15) is 11.1 Å². The minimum absolute atomic E-state index is 0.00693. The van der Waals surface area contributed by atoms with Gasteiger partial charge in [-0.25, -0.2) is 21.6 Å². The zero-order valence-corrected chi connectivity index (χ0v) is 17.9. The van der Waals surface area contributed by atoms with Crippen LogP contribution in [0.15, 0.2) is 47.4 Å². The Labute approximate surface area is 180 Å². The number of carbonyl (C=O) groups is 1. The molecule has 1 aliphatic rings. The monoisotopic (exact) mass is 454 g/mol. The molecule has 2 aromatic rings. The molecule has 0 aliphatic carbocycles. The second kappa shape index (κ2) is 9.40. The van der Waals surface area contributed by atoms with E-state index in [4.69, 9.17) is 5.73 Å². The average molecular weight is 455 g/mol. The van der Waals surface area contributed by atoms with Gasteiger partial charge in [0.05, 0.1) is 4.90 Å². The molecule has 2 N–H and O–H groups in total. The summed E-state index contributed by atoms with van der Waals surface area (Å²) in [4.78, 5) is 14.4. The summed E-state index contributed by atoms with van der Waals surface area (Å²) in [7, 11) is -3.79. The van der Waals surface area contributed by atoms with E-state index in [1.165, 1.54) is 24.0 Å². The Kier molecular flexibility index (Phi) is 7.06. The molecular formula is C22H25F3N2O3S. The number of sulfone groups is 1. The van der Waals surface area contributed by atoms with E-state index < -0.39 is 44.5 Å². The number of nitrogens with zero attached hydrogens (tertiary/aromatic N) is 1. The lowest BCUT2D eigenvalue weighted by molar-refractivity contribution is -0.131. The van der Waals surface area contributed by atoms with Crippen LogP contribution >= 0.6 is 0 Å². The van der Waals surface area contributed by atoms with Gasteiger partial charge in [-0.15, -0.1) is 0 Å². The van der Waals surface area contributed by atoms with E-state index in [1.807, 2.05) is 0 Å². The first-order valence-corrected chi connectivity index (χ1v) is 11.6. The largest absolute Gasteiger partial charge is 0.342 e. The van der Waals surface area contributed by atoms with Crippen LogP contribution in [0, 0.1) is 23.4 Å². The van der Waals surface area contributed by atoms with Crippen LogP contribution in [-0.4, -0.2) is 43.6 Å². The minimum Gasteiger partial charge on any atom is -0.342 e. The Morgan fingerprint density at radius 3 is 2.26 bits per heavy atom. The molecule has 1 saturated heterocycles. The summed E-state index contributed by atoms with van der Waals surface area (Å²) in [6.07, 6.45) is 1.06. The van der Waals surface area contributed by atoms with Crippen LogP contribution in [0.25, 0.3) is 0 Å². The van der Waals surface area contributed by atoms with Crippen molar-refractivity contribution in [3.8, 4) is 0 Å². The van der Waals surface area contributed by atoms with Gasteiger partial charge in [-0.05, 0) is 55.9 Å². The van der Waals surface area contributed by atoms with Crippen LogP contribution in [0.4, 0.5) is 13.2 Å². The summed E-state index contributed by atoms with van der Waals surface area (Å²) in [6, 6.07) is 8.66. The third kappa shape index (κ3) is 5.10. The number of benzene rings is 2. The quantitative estimate of drug-likeness (QED) is 0.681. The molecule has 2 atom stereocenters. The second-order valence-electron chi connectivity index (χ2n) is 7.89. The van der Waals surface area contributed by atoms with E-state index in [0.29, 0.717) is 32.0 Å². The maximum Gasteiger partial charge on any atom is 0.241 e. The molecule has 1 unspecified atom stereocenters. The van der Waals surface area contributed by atoms with Crippen LogP contribution in [0.2, 0.25) is 0 Å². The Morgan fingerprint density at radius 2 is 1.65 bits per heavy atom. The number of likely N-dealkylation sites (tertiary alicyclic amines) is 1. The van der Waals surface area contributed by atoms with Crippen LogP contribution in [0.5, 0.6) is 0 Å². The maximum absolute atomic E-state index is 13.9. The van der Waals surface area contributed by atoms with Gasteiger partial charge in [0.2, 0.25) is 5.91 Å². The summed E-state index contributed by atoms with van der Waals surface area (Å²) >= 11 is 0. The molecule has 2 aromatic carbocycles. The first kappa shape index (κ1) is 23.3. The molecule has 3 rings (SSSR count). The third-order valence-electron chi connectivity index (χ3n) is 5.89. The molecule has 9 heteroatoms. The van der Waals surface area contributed by atoms with Crippen LogP contribution in [-0.2, 0) is 21.1 Å². The van der Waals surface area contributed by atoms with E-state index >= 15 is 0 Å². The zero-order chi connectivity index (χ0) is 22.8. The lowest BCUT2D eigenvalue weighted by atomic mass is 9.86. The average Bonchev–Trinajstić information content (AvgIpc) is 2.77. The molecule has 0 spiro atoms. The van der Waals surface area contributed by atoms with Crippen LogP contribution in [0.3, 0.4) is 0 Å². The number of rotatable bonds is 6. The molecule has 0 aromatic heterocycles. The Balaban J connectivity index is 1.60. The van der Waals surface area contributed by atoms with Crippen molar-refractivity contribution in [1.29, 1.82) is 0 Å². The number of hydrogen-bond acceptors (Lipinski definition) is 4.